The van der Waals surface area contributed by atoms with E-state index >= 15 is 0 Å². The van der Waals surface area contributed by atoms with Crippen molar-refractivity contribution >= 4 is 0 Å². The van der Waals surface area contributed by atoms with Gasteiger partial charge in [-0.2, -0.15) is 0 Å². The third kappa shape index (κ3) is 2.74. The monoisotopic (exact) mass is 262 g/mol. The molecule has 1 N–H and O–H groups in total. The number of furan rings is 1. The van der Waals surface area contributed by atoms with Crippen molar-refractivity contribution in [2.45, 2.75) is 64.4 Å². The lowest BCUT2D eigenvalue weighted by molar-refractivity contribution is 0.0498. The molecule has 2 aliphatic rings. The Bertz CT molecular complexity index is 423. The van der Waals surface area contributed by atoms with Gasteiger partial charge in [-0.1, -0.05) is 33.1 Å². The van der Waals surface area contributed by atoms with Gasteiger partial charge in [-0.3, -0.25) is 0 Å². The Kier molecular flexibility index (Phi) is 3.70. The molecule has 0 bridgehead atoms. The van der Waals surface area contributed by atoms with Crippen LogP contribution >= 0.6 is 0 Å². The summed E-state index contributed by atoms with van der Waals surface area (Å²) in [6, 6.07) is 4.08. The summed E-state index contributed by atoms with van der Waals surface area (Å²) in [5, 5.41) is 10.5. The Labute approximate surface area is 116 Å². The van der Waals surface area contributed by atoms with Gasteiger partial charge in [-0.25, -0.2) is 0 Å². The summed E-state index contributed by atoms with van der Waals surface area (Å²) in [5.41, 5.74) is 0. The average Bonchev–Trinajstić information content (AvgIpc) is 2.99. The van der Waals surface area contributed by atoms with E-state index < -0.39 is 6.10 Å². The molecule has 2 aliphatic carbocycles. The Morgan fingerprint density at radius 3 is 2.79 bits per heavy atom. The zero-order valence-corrected chi connectivity index (χ0v) is 12.1. The predicted molar refractivity (Wildman–Crippen MR) is 75.9 cm³/mol. The number of aliphatic hydroxyl groups is 1. The highest BCUT2D eigenvalue weighted by Gasteiger charge is 2.37. The first-order valence-electron chi connectivity index (χ1n) is 7.96. The fourth-order valence-corrected chi connectivity index (χ4v) is 3.67. The Morgan fingerprint density at radius 1 is 1.32 bits per heavy atom. The lowest BCUT2D eigenvalue weighted by atomic mass is 9.77. The van der Waals surface area contributed by atoms with Crippen LogP contribution in [0, 0.1) is 17.8 Å². The van der Waals surface area contributed by atoms with Gasteiger partial charge in [0.25, 0.3) is 0 Å². The minimum absolute atomic E-state index is 0.392. The van der Waals surface area contributed by atoms with Crippen LogP contribution < -0.4 is 0 Å². The van der Waals surface area contributed by atoms with Crippen molar-refractivity contribution < 1.29 is 9.52 Å². The third-order valence-electron chi connectivity index (χ3n) is 5.26. The molecule has 0 amide bonds. The maximum Gasteiger partial charge on any atom is 0.132 e. The number of rotatable bonds is 4. The second kappa shape index (κ2) is 5.32. The molecule has 2 saturated carbocycles. The van der Waals surface area contributed by atoms with E-state index in [-0.39, 0.29) is 0 Å². The molecular weight excluding hydrogens is 236 g/mol. The SMILES string of the molecule is CCC1CCCC(C(O)c2ccc(C3CC3C)o2)C1. The standard InChI is InChI=1S/C17H26O2/c1-3-12-5-4-6-13(10-12)17(18)16-8-7-15(19-16)14-9-11(14)2/h7-8,11-14,17-18H,3-6,9-10H2,1-2H3. The zero-order valence-electron chi connectivity index (χ0n) is 12.1. The molecule has 1 heterocycles. The van der Waals surface area contributed by atoms with Gasteiger partial charge in [0.1, 0.15) is 17.6 Å². The maximum absolute atomic E-state index is 10.5. The van der Waals surface area contributed by atoms with Gasteiger partial charge in [0.15, 0.2) is 0 Å². The van der Waals surface area contributed by atoms with Gasteiger partial charge in [-0.15, -0.1) is 0 Å². The Hall–Kier alpha value is -0.760. The molecule has 1 aromatic heterocycles. The van der Waals surface area contributed by atoms with E-state index in [4.69, 9.17) is 4.42 Å². The molecule has 0 aliphatic heterocycles. The van der Waals surface area contributed by atoms with Crippen LogP contribution in [-0.4, -0.2) is 5.11 Å². The normalized spacial score (nSPS) is 36.2. The average molecular weight is 262 g/mol. The molecule has 0 radical (unpaired) electrons. The van der Waals surface area contributed by atoms with E-state index in [1.54, 1.807) is 0 Å². The first-order chi connectivity index (χ1) is 9.19. The van der Waals surface area contributed by atoms with Gasteiger partial charge < -0.3 is 9.52 Å². The molecule has 19 heavy (non-hydrogen) atoms. The van der Waals surface area contributed by atoms with Crippen molar-refractivity contribution in [3.63, 3.8) is 0 Å². The van der Waals surface area contributed by atoms with Crippen molar-refractivity contribution in [1.82, 2.24) is 0 Å². The fraction of sp³-hybridized carbons (Fsp3) is 0.765. The predicted octanol–water partition coefficient (Wildman–Crippen LogP) is 4.65. The quantitative estimate of drug-likeness (QED) is 0.856. The Balaban J connectivity index is 1.65. The summed E-state index contributed by atoms with van der Waals surface area (Å²) in [6.07, 6.45) is 6.99. The van der Waals surface area contributed by atoms with E-state index in [0.29, 0.717) is 11.8 Å². The minimum Gasteiger partial charge on any atom is -0.463 e. The number of hydrogen-bond donors (Lipinski definition) is 1. The third-order valence-corrected chi connectivity index (χ3v) is 5.26. The van der Waals surface area contributed by atoms with E-state index in [1.165, 1.54) is 25.7 Å². The molecule has 2 heteroatoms. The zero-order chi connectivity index (χ0) is 13.4. The first kappa shape index (κ1) is 13.2. The number of aliphatic hydroxyl groups excluding tert-OH is 1. The van der Waals surface area contributed by atoms with Crippen molar-refractivity contribution in [2.24, 2.45) is 17.8 Å². The smallest absolute Gasteiger partial charge is 0.132 e. The van der Waals surface area contributed by atoms with Gasteiger partial charge in [-0.05, 0) is 49.1 Å². The molecular formula is C17H26O2. The van der Waals surface area contributed by atoms with E-state index in [1.807, 2.05) is 6.07 Å². The van der Waals surface area contributed by atoms with Crippen molar-refractivity contribution in [3.05, 3.63) is 23.7 Å². The fourth-order valence-electron chi connectivity index (χ4n) is 3.67. The highest BCUT2D eigenvalue weighted by Crippen LogP contribution is 2.48. The van der Waals surface area contributed by atoms with Crippen LogP contribution in [0.1, 0.15) is 75.9 Å². The summed E-state index contributed by atoms with van der Waals surface area (Å²) >= 11 is 0. The summed E-state index contributed by atoms with van der Waals surface area (Å²) in [4.78, 5) is 0. The molecule has 5 unspecified atom stereocenters. The van der Waals surface area contributed by atoms with Crippen LogP contribution in [0.25, 0.3) is 0 Å². The summed E-state index contributed by atoms with van der Waals surface area (Å²) in [7, 11) is 0. The second-order valence-electron chi connectivity index (χ2n) is 6.71. The Morgan fingerprint density at radius 2 is 2.11 bits per heavy atom. The van der Waals surface area contributed by atoms with Gasteiger partial charge in [0.05, 0.1) is 0 Å². The van der Waals surface area contributed by atoms with E-state index in [9.17, 15) is 5.11 Å². The van der Waals surface area contributed by atoms with Crippen LogP contribution in [0.3, 0.4) is 0 Å². The molecule has 0 spiro atoms. The van der Waals surface area contributed by atoms with E-state index in [0.717, 1.165) is 36.2 Å². The lowest BCUT2D eigenvalue weighted by Gasteiger charge is -2.30. The van der Waals surface area contributed by atoms with Crippen LogP contribution in [-0.2, 0) is 0 Å². The number of hydrogen-bond acceptors (Lipinski definition) is 2. The van der Waals surface area contributed by atoms with Gasteiger partial charge >= 0.3 is 0 Å². The molecule has 2 fully saturated rings. The topological polar surface area (TPSA) is 33.4 Å². The van der Waals surface area contributed by atoms with Crippen LogP contribution in [0.5, 0.6) is 0 Å². The molecule has 1 aromatic rings. The summed E-state index contributed by atoms with van der Waals surface area (Å²) in [5.74, 6) is 4.45. The van der Waals surface area contributed by atoms with Crippen molar-refractivity contribution in [1.29, 1.82) is 0 Å². The van der Waals surface area contributed by atoms with Gasteiger partial charge in [0.2, 0.25) is 0 Å². The largest absolute Gasteiger partial charge is 0.463 e. The first-order valence-corrected chi connectivity index (χ1v) is 7.96. The van der Waals surface area contributed by atoms with Crippen LogP contribution in [0.15, 0.2) is 16.5 Å². The molecule has 0 aromatic carbocycles. The highest BCUT2D eigenvalue weighted by atomic mass is 16.4. The van der Waals surface area contributed by atoms with Crippen LogP contribution in [0.4, 0.5) is 0 Å². The summed E-state index contributed by atoms with van der Waals surface area (Å²) < 4.78 is 5.91. The molecule has 2 nitrogen and oxygen atoms in total. The lowest BCUT2D eigenvalue weighted by Crippen LogP contribution is -2.21. The maximum atomic E-state index is 10.5. The second-order valence-corrected chi connectivity index (χ2v) is 6.71. The van der Waals surface area contributed by atoms with Gasteiger partial charge in [0, 0.05) is 5.92 Å². The highest BCUT2D eigenvalue weighted by molar-refractivity contribution is 5.19. The molecule has 3 rings (SSSR count). The molecule has 5 atom stereocenters. The van der Waals surface area contributed by atoms with Crippen molar-refractivity contribution in [3.8, 4) is 0 Å². The van der Waals surface area contributed by atoms with E-state index in [2.05, 4.69) is 19.9 Å². The molecule has 106 valence electrons. The van der Waals surface area contributed by atoms with Crippen molar-refractivity contribution in [2.75, 3.05) is 0 Å². The van der Waals surface area contributed by atoms with Crippen LogP contribution in [0.2, 0.25) is 0 Å². The molecule has 0 saturated heterocycles. The summed E-state index contributed by atoms with van der Waals surface area (Å²) in [6.45, 7) is 4.52. The minimum atomic E-state index is -0.392.